The van der Waals surface area contributed by atoms with E-state index in [2.05, 4.69) is 18.6 Å². The van der Waals surface area contributed by atoms with E-state index in [0.717, 1.165) is 19.3 Å². The minimum atomic E-state index is -3.22. The van der Waals surface area contributed by atoms with Gasteiger partial charge in [0.15, 0.2) is 0 Å². The summed E-state index contributed by atoms with van der Waals surface area (Å²) in [5.74, 6) is 1.31. The molecule has 0 bridgehead atoms. The monoisotopic (exact) mass is 275 g/mol. The van der Waals surface area contributed by atoms with Crippen molar-refractivity contribution < 1.29 is 13.2 Å². The molecule has 0 radical (unpaired) electrons. The summed E-state index contributed by atoms with van der Waals surface area (Å²) in [7, 11) is -3.22. The molecule has 0 spiro atoms. The first-order valence-corrected chi connectivity index (χ1v) is 8.57. The van der Waals surface area contributed by atoms with Crippen molar-refractivity contribution in [1.29, 1.82) is 0 Å². The van der Waals surface area contributed by atoms with Crippen molar-refractivity contribution in [1.82, 2.24) is 4.72 Å². The highest BCUT2D eigenvalue weighted by Crippen LogP contribution is 2.30. The Labute approximate surface area is 111 Å². The molecule has 18 heavy (non-hydrogen) atoms. The maximum Gasteiger partial charge on any atom is 0.217 e. The van der Waals surface area contributed by atoms with Gasteiger partial charge in [0.2, 0.25) is 10.0 Å². The van der Waals surface area contributed by atoms with Crippen molar-refractivity contribution in [3.05, 3.63) is 0 Å². The quantitative estimate of drug-likeness (QED) is 0.856. The Kier molecular flexibility index (Phi) is 4.34. The van der Waals surface area contributed by atoms with Gasteiger partial charge in [0, 0.05) is 12.6 Å². The summed E-state index contributed by atoms with van der Waals surface area (Å²) < 4.78 is 32.9. The van der Waals surface area contributed by atoms with E-state index >= 15 is 0 Å². The second-order valence-electron chi connectivity index (χ2n) is 6.03. The van der Waals surface area contributed by atoms with Crippen molar-refractivity contribution in [3.8, 4) is 0 Å². The van der Waals surface area contributed by atoms with Crippen LogP contribution in [-0.2, 0) is 14.8 Å². The number of hydrogen-bond donors (Lipinski definition) is 1. The molecule has 5 atom stereocenters. The van der Waals surface area contributed by atoms with Gasteiger partial charge in [0.1, 0.15) is 5.25 Å². The fraction of sp³-hybridized carbons (Fsp3) is 1.00. The lowest BCUT2D eigenvalue weighted by Crippen LogP contribution is -2.45. The summed E-state index contributed by atoms with van der Waals surface area (Å²) in [6.45, 7) is 6.88. The molecule has 5 heteroatoms. The van der Waals surface area contributed by atoms with Crippen LogP contribution in [0, 0.1) is 11.8 Å². The van der Waals surface area contributed by atoms with E-state index in [1.54, 1.807) is 0 Å². The number of hydrogen-bond acceptors (Lipinski definition) is 3. The Hall–Kier alpha value is -0.130. The van der Waals surface area contributed by atoms with Crippen LogP contribution in [0.25, 0.3) is 0 Å². The fourth-order valence-electron chi connectivity index (χ4n) is 3.09. The lowest BCUT2D eigenvalue weighted by atomic mass is 9.79. The summed E-state index contributed by atoms with van der Waals surface area (Å²) >= 11 is 0. The van der Waals surface area contributed by atoms with E-state index in [9.17, 15) is 8.42 Å². The molecule has 0 aromatic heterocycles. The molecular formula is C13H25NO3S. The molecule has 1 N–H and O–H groups in total. The highest BCUT2D eigenvalue weighted by Gasteiger charge is 2.38. The lowest BCUT2D eigenvalue weighted by molar-refractivity contribution is 0.126. The van der Waals surface area contributed by atoms with Gasteiger partial charge >= 0.3 is 0 Å². The van der Waals surface area contributed by atoms with E-state index < -0.39 is 10.0 Å². The van der Waals surface area contributed by atoms with Crippen LogP contribution in [0.1, 0.15) is 46.5 Å². The van der Waals surface area contributed by atoms with Crippen LogP contribution in [0.3, 0.4) is 0 Å². The first kappa shape index (κ1) is 14.3. The van der Waals surface area contributed by atoms with Crippen molar-refractivity contribution in [3.63, 3.8) is 0 Å². The third-order valence-electron chi connectivity index (χ3n) is 4.63. The van der Waals surface area contributed by atoms with Crippen LogP contribution in [0.15, 0.2) is 0 Å². The van der Waals surface area contributed by atoms with Gasteiger partial charge in [-0.25, -0.2) is 13.1 Å². The topological polar surface area (TPSA) is 55.4 Å². The SMILES string of the molecule is C[C@@H]1CC[C@H](NS(=O)(=O)[C@@H]2CCO[C@@H]2C)C[C@H]1C. The van der Waals surface area contributed by atoms with Crippen LogP contribution in [-0.4, -0.2) is 32.4 Å². The van der Waals surface area contributed by atoms with Crippen molar-refractivity contribution in [2.75, 3.05) is 6.61 Å². The molecule has 0 aromatic carbocycles. The summed E-state index contributed by atoms with van der Waals surface area (Å²) in [5, 5.41) is -0.368. The summed E-state index contributed by atoms with van der Waals surface area (Å²) in [4.78, 5) is 0. The first-order valence-electron chi connectivity index (χ1n) is 7.03. The van der Waals surface area contributed by atoms with Gasteiger partial charge in [0.25, 0.3) is 0 Å². The summed E-state index contributed by atoms with van der Waals surface area (Å²) in [5.41, 5.74) is 0. The zero-order valence-electron chi connectivity index (χ0n) is 11.6. The predicted molar refractivity (Wildman–Crippen MR) is 71.8 cm³/mol. The standard InChI is InChI=1S/C13H25NO3S/c1-9-4-5-12(8-10(9)2)14-18(15,16)13-6-7-17-11(13)3/h9-14H,4-8H2,1-3H3/t9-,10-,11-,12+,13-/m1/s1. The molecule has 1 aliphatic carbocycles. The molecule has 4 nitrogen and oxygen atoms in total. The minimum Gasteiger partial charge on any atom is -0.377 e. The first-order chi connectivity index (χ1) is 8.40. The van der Waals surface area contributed by atoms with E-state index in [0.29, 0.717) is 24.9 Å². The van der Waals surface area contributed by atoms with Crippen molar-refractivity contribution in [2.24, 2.45) is 11.8 Å². The van der Waals surface area contributed by atoms with Gasteiger partial charge < -0.3 is 4.74 Å². The summed E-state index contributed by atoms with van der Waals surface area (Å²) in [6.07, 6.45) is 3.48. The molecule has 106 valence electrons. The number of sulfonamides is 1. The third-order valence-corrected chi connectivity index (χ3v) is 6.71. The number of nitrogens with one attached hydrogen (secondary N) is 1. The Balaban J connectivity index is 1.96. The van der Waals surface area contributed by atoms with Crippen LogP contribution in [0.4, 0.5) is 0 Å². The smallest absolute Gasteiger partial charge is 0.217 e. The Morgan fingerprint density at radius 1 is 1.06 bits per heavy atom. The number of rotatable bonds is 3. The largest absolute Gasteiger partial charge is 0.377 e. The van der Waals surface area contributed by atoms with Gasteiger partial charge in [-0.3, -0.25) is 0 Å². The molecule has 1 aliphatic heterocycles. The van der Waals surface area contributed by atoms with Crippen LogP contribution >= 0.6 is 0 Å². The third kappa shape index (κ3) is 3.06. The van der Waals surface area contributed by atoms with Crippen molar-refractivity contribution >= 4 is 10.0 Å². The van der Waals surface area contributed by atoms with E-state index in [1.165, 1.54) is 0 Å². The van der Waals surface area contributed by atoms with Gasteiger partial charge in [0.05, 0.1) is 6.10 Å². The highest BCUT2D eigenvalue weighted by molar-refractivity contribution is 7.90. The van der Waals surface area contributed by atoms with Crippen LogP contribution in [0.5, 0.6) is 0 Å². The molecule has 2 rings (SSSR count). The average Bonchev–Trinajstić information content (AvgIpc) is 2.70. The maximum absolute atomic E-state index is 12.3. The van der Waals surface area contributed by atoms with E-state index in [4.69, 9.17) is 4.74 Å². The number of ether oxygens (including phenoxy) is 1. The molecule has 1 heterocycles. The molecule has 0 amide bonds. The predicted octanol–water partition coefficient (Wildman–Crippen LogP) is 1.91. The molecule has 2 aliphatic rings. The van der Waals surface area contributed by atoms with Gasteiger partial charge in [-0.1, -0.05) is 13.8 Å². The van der Waals surface area contributed by atoms with Gasteiger partial charge in [-0.2, -0.15) is 0 Å². The normalized spacial score (nSPS) is 42.1. The zero-order chi connectivity index (χ0) is 13.3. The van der Waals surface area contributed by atoms with Crippen LogP contribution < -0.4 is 4.72 Å². The molecule has 1 saturated carbocycles. The van der Waals surface area contributed by atoms with Crippen molar-refractivity contribution in [2.45, 2.75) is 63.9 Å². The maximum atomic E-state index is 12.3. The fourth-order valence-corrected chi connectivity index (χ4v) is 4.94. The lowest BCUT2D eigenvalue weighted by Gasteiger charge is -2.33. The van der Waals surface area contributed by atoms with E-state index in [1.807, 2.05) is 6.92 Å². The molecule has 0 aromatic rings. The minimum absolute atomic E-state index is 0.119. The molecule has 2 fully saturated rings. The summed E-state index contributed by atoms with van der Waals surface area (Å²) in [6, 6.07) is 0.119. The Bertz CT molecular complexity index is 382. The van der Waals surface area contributed by atoms with Gasteiger partial charge in [-0.05, 0) is 44.4 Å². The second kappa shape index (κ2) is 5.47. The molecular weight excluding hydrogens is 250 g/mol. The van der Waals surface area contributed by atoms with Gasteiger partial charge in [-0.15, -0.1) is 0 Å². The zero-order valence-corrected chi connectivity index (χ0v) is 12.4. The highest BCUT2D eigenvalue weighted by atomic mass is 32.2. The van der Waals surface area contributed by atoms with E-state index in [-0.39, 0.29) is 17.4 Å². The Morgan fingerprint density at radius 3 is 2.33 bits per heavy atom. The Morgan fingerprint density at radius 2 is 1.78 bits per heavy atom. The second-order valence-corrected chi connectivity index (χ2v) is 7.96. The van der Waals surface area contributed by atoms with Crippen LogP contribution in [0.2, 0.25) is 0 Å². The average molecular weight is 275 g/mol. The molecule has 1 saturated heterocycles. The molecule has 0 unspecified atom stereocenters.